The minimum absolute atomic E-state index is 0.164. The summed E-state index contributed by atoms with van der Waals surface area (Å²) in [5.41, 5.74) is 2.20. The van der Waals surface area contributed by atoms with Crippen LogP contribution in [0, 0.1) is 5.92 Å². The van der Waals surface area contributed by atoms with Gasteiger partial charge in [-0.15, -0.1) is 0 Å². The number of fused-ring (bicyclic) bond motifs is 2. The van der Waals surface area contributed by atoms with Gasteiger partial charge in [-0.25, -0.2) is 0 Å². The largest absolute Gasteiger partial charge is 0.378 e. The average molecular weight is 287 g/mol. The predicted molar refractivity (Wildman–Crippen MR) is 83.6 cm³/mol. The lowest BCUT2D eigenvalue weighted by atomic mass is 9.81. The van der Waals surface area contributed by atoms with Crippen molar-refractivity contribution < 1.29 is 9.53 Å². The third-order valence-corrected chi connectivity index (χ3v) is 5.03. The number of benzene rings is 1. The summed E-state index contributed by atoms with van der Waals surface area (Å²) in [5, 5.41) is 0. The van der Waals surface area contributed by atoms with Gasteiger partial charge >= 0.3 is 0 Å². The van der Waals surface area contributed by atoms with Gasteiger partial charge in [-0.2, -0.15) is 0 Å². The van der Waals surface area contributed by atoms with Crippen LogP contribution in [-0.2, 0) is 11.2 Å². The van der Waals surface area contributed by atoms with Crippen molar-refractivity contribution in [2.45, 2.75) is 44.7 Å². The number of carbonyl (C=O) groups excluding carboxylic acids is 1. The zero-order valence-corrected chi connectivity index (χ0v) is 13.0. The molecule has 2 saturated heterocycles. The molecule has 0 aliphatic carbocycles. The molecule has 21 heavy (non-hydrogen) atoms. The lowest BCUT2D eigenvalue weighted by molar-refractivity contribution is -0.0702. The summed E-state index contributed by atoms with van der Waals surface area (Å²) in [7, 11) is 2.16. The quantitative estimate of drug-likeness (QED) is 0.797. The van der Waals surface area contributed by atoms with Gasteiger partial charge in [0.25, 0.3) is 0 Å². The maximum atomic E-state index is 12.7. The first-order chi connectivity index (χ1) is 10.2. The molecule has 114 valence electrons. The summed E-state index contributed by atoms with van der Waals surface area (Å²) in [6, 6.07) is 9.05. The molecule has 2 atom stereocenters. The van der Waals surface area contributed by atoms with Gasteiger partial charge in [0.15, 0.2) is 5.78 Å². The van der Waals surface area contributed by atoms with Gasteiger partial charge in [0, 0.05) is 23.6 Å². The molecule has 2 aliphatic heterocycles. The van der Waals surface area contributed by atoms with E-state index in [1.54, 1.807) is 0 Å². The maximum absolute atomic E-state index is 12.7. The first-order valence-corrected chi connectivity index (χ1v) is 8.12. The number of aryl methyl sites for hydroxylation is 1. The van der Waals surface area contributed by atoms with Crippen molar-refractivity contribution in [3.63, 3.8) is 0 Å². The van der Waals surface area contributed by atoms with Crippen molar-refractivity contribution in [2.24, 2.45) is 5.92 Å². The van der Waals surface area contributed by atoms with Crippen LogP contribution in [0.25, 0.3) is 0 Å². The number of rotatable bonds is 4. The fourth-order valence-corrected chi connectivity index (χ4v) is 3.67. The smallest absolute Gasteiger partial charge is 0.166 e. The third-order valence-electron chi connectivity index (χ3n) is 5.03. The molecule has 2 unspecified atom stereocenters. The van der Waals surface area contributed by atoms with Crippen molar-refractivity contribution in [2.75, 3.05) is 20.3 Å². The van der Waals surface area contributed by atoms with Crippen LogP contribution in [0.2, 0.25) is 0 Å². The van der Waals surface area contributed by atoms with Crippen molar-refractivity contribution in [3.8, 4) is 0 Å². The zero-order valence-electron chi connectivity index (χ0n) is 13.0. The zero-order chi connectivity index (χ0) is 14.8. The van der Waals surface area contributed by atoms with Gasteiger partial charge in [0.05, 0.1) is 13.2 Å². The average Bonchev–Trinajstić information content (AvgIpc) is 2.47. The molecular formula is C18H25NO2. The van der Waals surface area contributed by atoms with Gasteiger partial charge in [0.1, 0.15) is 0 Å². The number of Topliss-reactive ketones (excluding diaryl/α,β-unsaturated/α-hetero) is 1. The Bertz CT molecular complexity index is 482. The van der Waals surface area contributed by atoms with Crippen molar-refractivity contribution >= 4 is 5.78 Å². The fraction of sp³-hybridized carbons (Fsp3) is 0.611. The summed E-state index contributed by atoms with van der Waals surface area (Å²) in [6.07, 6.45) is 4.10. The molecule has 1 aromatic rings. The van der Waals surface area contributed by atoms with Crippen LogP contribution >= 0.6 is 0 Å². The Morgan fingerprint density at radius 3 is 2.38 bits per heavy atom. The first-order valence-electron chi connectivity index (χ1n) is 8.12. The Labute approximate surface area is 127 Å². The lowest BCUT2D eigenvalue weighted by Gasteiger charge is -2.46. The van der Waals surface area contributed by atoms with Gasteiger partial charge in [-0.1, -0.05) is 37.6 Å². The van der Waals surface area contributed by atoms with Crippen LogP contribution < -0.4 is 0 Å². The molecule has 2 fully saturated rings. The number of ether oxygens (including phenoxy) is 1. The number of likely N-dealkylation sites (N-methyl/N-ethyl adjacent to an activating group) is 1. The van der Waals surface area contributed by atoms with Crippen LogP contribution in [0.15, 0.2) is 24.3 Å². The van der Waals surface area contributed by atoms with E-state index in [2.05, 4.69) is 31.0 Å². The second kappa shape index (κ2) is 6.29. The van der Waals surface area contributed by atoms with Gasteiger partial charge in [-0.05, 0) is 31.9 Å². The molecular weight excluding hydrogens is 262 g/mol. The molecule has 3 rings (SSSR count). The number of hydrogen-bond donors (Lipinski definition) is 0. The monoisotopic (exact) mass is 287 g/mol. The van der Waals surface area contributed by atoms with Crippen LogP contribution in [0.1, 0.15) is 42.1 Å². The Morgan fingerprint density at radius 2 is 1.81 bits per heavy atom. The normalized spacial score (nSPS) is 29.3. The van der Waals surface area contributed by atoms with E-state index in [4.69, 9.17) is 4.74 Å². The number of piperidine rings is 1. The fourth-order valence-electron chi connectivity index (χ4n) is 3.67. The first kappa shape index (κ1) is 14.7. The third kappa shape index (κ3) is 3.04. The molecule has 3 nitrogen and oxygen atoms in total. The minimum Gasteiger partial charge on any atom is -0.378 e. The Morgan fingerprint density at radius 1 is 1.19 bits per heavy atom. The SMILES string of the molecule is CCCc1ccc(C(=O)C2CC3COCC(C2)N3C)cc1. The number of carbonyl (C=O) groups is 1. The number of hydrogen-bond acceptors (Lipinski definition) is 3. The van der Waals surface area contributed by atoms with Crippen LogP contribution in [0.3, 0.4) is 0 Å². The van der Waals surface area contributed by atoms with E-state index < -0.39 is 0 Å². The van der Waals surface area contributed by atoms with E-state index in [1.165, 1.54) is 5.56 Å². The summed E-state index contributed by atoms with van der Waals surface area (Å²) >= 11 is 0. The van der Waals surface area contributed by atoms with Crippen LogP contribution in [-0.4, -0.2) is 43.0 Å². The molecule has 0 spiro atoms. The van der Waals surface area contributed by atoms with E-state index in [-0.39, 0.29) is 5.92 Å². The summed E-state index contributed by atoms with van der Waals surface area (Å²) < 4.78 is 5.63. The van der Waals surface area contributed by atoms with Crippen molar-refractivity contribution in [1.82, 2.24) is 4.90 Å². The molecule has 2 bridgehead atoms. The Kier molecular flexibility index (Phi) is 4.41. The van der Waals surface area contributed by atoms with E-state index in [1.807, 2.05) is 12.1 Å². The molecule has 1 aromatic carbocycles. The molecule has 2 heterocycles. The number of ketones is 1. The number of morpholine rings is 1. The molecule has 0 radical (unpaired) electrons. The van der Waals surface area contributed by atoms with Crippen molar-refractivity contribution in [1.29, 1.82) is 0 Å². The minimum atomic E-state index is 0.164. The molecule has 0 amide bonds. The van der Waals surface area contributed by atoms with E-state index in [0.29, 0.717) is 17.9 Å². The van der Waals surface area contributed by atoms with Gasteiger partial charge in [0.2, 0.25) is 0 Å². The van der Waals surface area contributed by atoms with Gasteiger partial charge in [-0.3, -0.25) is 9.69 Å². The second-order valence-electron chi connectivity index (χ2n) is 6.49. The highest BCUT2D eigenvalue weighted by Crippen LogP contribution is 2.32. The molecule has 2 aliphatic rings. The lowest BCUT2D eigenvalue weighted by Crippen LogP contribution is -2.55. The second-order valence-corrected chi connectivity index (χ2v) is 6.49. The van der Waals surface area contributed by atoms with Crippen LogP contribution in [0.4, 0.5) is 0 Å². The van der Waals surface area contributed by atoms with Gasteiger partial charge < -0.3 is 4.74 Å². The Balaban J connectivity index is 1.70. The molecule has 0 aromatic heterocycles. The highest BCUT2D eigenvalue weighted by Gasteiger charge is 2.39. The molecule has 0 saturated carbocycles. The summed E-state index contributed by atoms with van der Waals surface area (Å²) in [5.74, 6) is 0.486. The number of nitrogens with zero attached hydrogens (tertiary/aromatic N) is 1. The van der Waals surface area contributed by atoms with Crippen molar-refractivity contribution in [3.05, 3.63) is 35.4 Å². The predicted octanol–water partition coefficient (Wildman–Crippen LogP) is 2.93. The highest BCUT2D eigenvalue weighted by molar-refractivity contribution is 5.98. The van der Waals surface area contributed by atoms with E-state index in [0.717, 1.165) is 44.5 Å². The van der Waals surface area contributed by atoms with Crippen LogP contribution in [0.5, 0.6) is 0 Å². The Hall–Kier alpha value is -1.19. The molecule has 0 N–H and O–H groups in total. The standard InChI is InChI=1S/C18H25NO2/c1-3-4-13-5-7-14(8-6-13)18(20)15-9-16-11-21-12-17(10-15)19(16)2/h5-8,15-17H,3-4,9-12H2,1-2H3. The molecule has 3 heteroatoms. The van der Waals surface area contributed by atoms with E-state index in [9.17, 15) is 4.79 Å². The maximum Gasteiger partial charge on any atom is 0.166 e. The highest BCUT2D eigenvalue weighted by atomic mass is 16.5. The summed E-state index contributed by atoms with van der Waals surface area (Å²) in [6.45, 7) is 3.72. The topological polar surface area (TPSA) is 29.5 Å². The van der Waals surface area contributed by atoms with E-state index >= 15 is 0 Å². The summed E-state index contributed by atoms with van der Waals surface area (Å²) in [4.78, 5) is 15.1.